The Morgan fingerprint density at radius 3 is 2.16 bits per heavy atom. The summed E-state index contributed by atoms with van der Waals surface area (Å²) in [5.41, 5.74) is 7.53. The smallest absolute Gasteiger partial charge is 0.339 e. The molecule has 0 spiro atoms. The number of benzene rings is 3. The molecule has 5 rings (SSSR count). The zero-order valence-electron chi connectivity index (χ0n) is 21.4. The molecular weight excluding hydrogens is 460 g/mol. The van der Waals surface area contributed by atoms with Gasteiger partial charge < -0.3 is 9.30 Å². The van der Waals surface area contributed by atoms with E-state index in [1.807, 2.05) is 43.3 Å². The molecule has 1 unspecified atom stereocenters. The van der Waals surface area contributed by atoms with Crippen LogP contribution < -0.4 is 0 Å². The van der Waals surface area contributed by atoms with Gasteiger partial charge in [-0.2, -0.15) is 0 Å². The van der Waals surface area contributed by atoms with Gasteiger partial charge in [0, 0.05) is 33.6 Å². The fraction of sp³-hybridized carbons (Fsp3) is 0.156. The number of Topliss-reactive ketones (excluding diaryl/α,β-unsaturated/α-hetero) is 1. The molecule has 0 aliphatic carbocycles. The van der Waals surface area contributed by atoms with Crippen molar-refractivity contribution in [3.05, 3.63) is 119 Å². The van der Waals surface area contributed by atoms with Crippen molar-refractivity contribution in [2.75, 3.05) is 0 Å². The lowest BCUT2D eigenvalue weighted by molar-refractivity contribution is 0.0320. The lowest BCUT2D eigenvalue weighted by atomic mass is 10.0. The van der Waals surface area contributed by atoms with Crippen molar-refractivity contribution in [1.29, 1.82) is 0 Å². The van der Waals surface area contributed by atoms with Gasteiger partial charge in [0.2, 0.25) is 5.78 Å². The van der Waals surface area contributed by atoms with Crippen molar-refractivity contribution >= 4 is 22.7 Å². The van der Waals surface area contributed by atoms with Gasteiger partial charge in [0.15, 0.2) is 6.10 Å². The molecule has 2 heterocycles. The molecule has 5 aromatic rings. The number of rotatable bonds is 6. The Labute approximate surface area is 216 Å². The summed E-state index contributed by atoms with van der Waals surface area (Å²) >= 11 is 0. The third kappa shape index (κ3) is 4.81. The zero-order valence-corrected chi connectivity index (χ0v) is 21.4. The molecule has 1 atom stereocenters. The van der Waals surface area contributed by atoms with Gasteiger partial charge in [-0.3, -0.25) is 4.79 Å². The molecular formula is C32H28N2O3. The Morgan fingerprint density at radius 2 is 1.49 bits per heavy atom. The lowest BCUT2D eigenvalue weighted by Crippen LogP contribution is -2.24. The van der Waals surface area contributed by atoms with E-state index >= 15 is 0 Å². The standard InChI is InChI=1S/C32H28N2O3/c1-20-10-17-29-27(18-20)28(32(36)37-23(4)31(35)25-8-6-5-7-9-25)19-30(33-29)24-13-15-26(16-14-24)34-21(2)11-12-22(34)3/h5-19,23H,1-4H3. The Bertz CT molecular complexity index is 1600. The van der Waals surface area contributed by atoms with Crippen LogP contribution in [0, 0.1) is 20.8 Å². The van der Waals surface area contributed by atoms with Gasteiger partial charge in [-0.15, -0.1) is 0 Å². The molecule has 0 aliphatic rings. The predicted octanol–water partition coefficient (Wildman–Crippen LogP) is 7.05. The first kappa shape index (κ1) is 24.2. The van der Waals surface area contributed by atoms with Crippen molar-refractivity contribution in [1.82, 2.24) is 9.55 Å². The number of carbonyl (C=O) groups excluding carboxylic acids is 2. The van der Waals surface area contributed by atoms with Crippen LogP contribution in [0.1, 0.15) is 44.6 Å². The number of carbonyl (C=O) groups is 2. The molecule has 0 saturated heterocycles. The summed E-state index contributed by atoms with van der Waals surface area (Å²) in [7, 11) is 0. The van der Waals surface area contributed by atoms with E-state index in [1.54, 1.807) is 37.3 Å². The number of aromatic nitrogens is 2. The maximum absolute atomic E-state index is 13.4. The van der Waals surface area contributed by atoms with E-state index in [1.165, 1.54) is 0 Å². The van der Waals surface area contributed by atoms with Gasteiger partial charge in [-0.1, -0.05) is 54.1 Å². The molecule has 2 aromatic heterocycles. The summed E-state index contributed by atoms with van der Waals surface area (Å²) in [6.07, 6.45) is -0.918. The summed E-state index contributed by atoms with van der Waals surface area (Å²) in [6, 6.07) is 28.7. The average Bonchev–Trinajstić information content (AvgIpc) is 3.25. The first-order valence-electron chi connectivity index (χ1n) is 12.3. The molecule has 0 aliphatic heterocycles. The fourth-order valence-corrected chi connectivity index (χ4v) is 4.63. The minimum Gasteiger partial charge on any atom is -0.451 e. The van der Waals surface area contributed by atoms with Crippen molar-refractivity contribution < 1.29 is 14.3 Å². The summed E-state index contributed by atoms with van der Waals surface area (Å²) in [5.74, 6) is -0.791. The van der Waals surface area contributed by atoms with Crippen LogP contribution in [-0.2, 0) is 4.74 Å². The second-order valence-electron chi connectivity index (χ2n) is 9.35. The third-order valence-electron chi connectivity index (χ3n) is 6.59. The van der Waals surface area contributed by atoms with Crippen molar-refractivity contribution in [3.63, 3.8) is 0 Å². The molecule has 0 fully saturated rings. The number of hydrogen-bond donors (Lipinski definition) is 0. The Kier molecular flexibility index (Phi) is 6.45. The monoisotopic (exact) mass is 488 g/mol. The topological polar surface area (TPSA) is 61.2 Å². The fourth-order valence-electron chi connectivity index (χ4n) is 4.63. The highest BCUT2D eigenvalue weighted by Gasteiger charge is 2.23. The van der Waals surface area contributed by atoms with Crippen LogP contribution in [0.4, 0.5) is 0 Å². The number of ketones is 1. The van der Waals surface area contributed by atoms with E-state index < -0.39 is 12.1 Å². The van der Waals surface area contributed by atoms with E-state index in [4.69, 9.17) is 9.72 Å². The number of esters is 1. The second-order valence-corrected chi connectivity index (χ2v) is 9.35. The Hall–Kier alpha value is -4.51. The number of fused-ring (bicyclic) bond motifs is 1. The number of ether oxygens (including phenoxy) is 1. The van der Waals surface area contributed by atoms with E-state index in [0.29, 0.717) is 27.7 Å². The average molecular weight is 489 g/mol. The highest BCUT2D eigenvalue weighted by Crippen LogP contribution is 2.28. The summed E-state index contributed by atoms with van der Waals surface area (Å²) < 4.78 is 7.86. The molecule has 0 bridgehead atoms. The van der Waals surface area contributed by atoms with Gasteiger partial charge in [-0.05, 0) is 70.2 Å². The van der Waals surface area contributed by atoms with E-state index in [2.05, 4.69) is 42.7 Å². The molecule has 0 N–H and O–H groups in total. The molecule has 0 radical (unpaired) electrons. The van der Waals surface area contributed by atoms with Gasteiger partial charge in [0.25, 0.3) is 0 Å². The SMILES string of the molecule is Cc1ccc2nc(-c3ccc(-n4c(C)ccc4C)cc3)cc(C(=O)OC(C)C(=O)c3ccccc3)c2c1. The van der Waals surface area contributed by atoms with E-state index in [9.17, 15) is 9.59 Å². The van der Waals surface area contributed by atoms with Crippen LogP contribution in [0.25, 0.3) is 27.8 Å². The van der Waals surface area contributed by atoms with Crippen LogP contribution in [0.3, 0.4) is 0 Å². The maximum Gasteiger partial charge on any atom is 0.339 e. The summed E-state index contributed by atoms with van der Waals surface area (Å²) in [5, 5.41) is 0.698. The van der Waals surface area contributed by atoms with Crippen molar-refractivity contribution in [2.24, 2.45) is 0 Å². The van der Waals surface area contributed by atoms with Crippen molar-refractivity contribution in [3.8, 4) is 16.9 Å². The van der Waals surface area contributed by atoms with Crippen LogP contribution in [0.2, 0.25) is 0 Å². The van der Waals surface area contributed by atoms with E-state index in [-0.39, 0.29) is 5.78 Å². The van der Waals surface area contributed by atoms with Gasteiger partial charge in [0.1, 0.15) is 0 Å². The quantitative estimate of drug-likeness (QED) is 0.190. The molecule has 37 heavy (non-hydrogen) atoms. The van der Waals surface area contributed by atoms with Crippen LogP contribution in [0.15, 0.2) is 91.0 Å². The van der Waals surface area contributed by atoms with Crippen LogP contribution in [0.5, 0.6) is 0 Å². The Balaban J connectivity index is 1.50. The highest BCUT2D eigenvalue weighted by molar-refractivity contribution is 6.07. The number of aryl methyl sites for hydroxylation is 3. The van der Waals surface area contributed by atoms with Gasteiger partial charge in [0.05, 0.1) is 16.8 Å². The molecule has 5 nitrogen and oxygen atoms in total. The van der Waals surface area contributed by atoms with Crippen LogP contribution in [-0.4, -0.2) is 27.4 Å². The zero-order chi connectivity index (χ0) is 26.1. The summed E-state index contributed by atoms with van der Waals surface area (Å²) in [6.45, 7) is 7.73. The Morgan fingerprint density at radius 1 is 0.811 bits per heavy atom. The lowest BCUT2D eigenvalue weighted by Gasteiger charge is -2.15. The number of nitrogens with zero attached hydrogens (tertiary/aromatic N) is 2. The second kappa shape index (κ2) is 9.86. The third-order valence-corrected chi connectivity index (χ3v) is 6.59. The molecule has 3 aromatic carbocycles. The minimum atomic E-state index is -0.918. The van der Waals surface area contributed by atoms with Crippen LogP contribution >= 0.6 is 0 Å². The van der Waals surface area contributed by atoms with Gasteiger partial charge >= 0.3 is 5.97 Å². The molecule has 0 amide bonds. The normalized spacial score (nSPS) is 11.9. The summed E-state index contributed by atoms with van der Waals surface area (Å²) in [4.78, 5) is 31.0. The highest BCUT2D eigenvalue weighted by atomic mass is 16.5. The minimum absolute atomic E-state index is 0.241. The largest absolute Gasteiger partial charge is 0.451 e. The first-order valence-corrected chi connectivity index (χ1v) is 12.3. The predicted molar refractivity (Wildman–Crippen MR) is 146 cm³/mol. The first-order chi connectivity index (χ1) is 17.8. The molecule has 184 valence electrons. The molecule has 5 heteroatoms. The van der Waals surface area contributed by atoms with E-state index in [0.717, 1.165) is 28.2 Å². The van der Waals surface area contributed by atoms with Gasteiger partial charge in [-0.25, -0.2) is 9.78 Å². The number of hydrogen-bond acceptors (Lipinski definition) is 4. The maximum atomic E-state index is 13.4. The van der Waals surface area contributed by atoms with Crippen molar-refractivity contribution in [2.45, 2.75) is 33.8 Å². The molecule has 0 saturated carbocycles. The number of pyridine rings is 1.